The molecule has 0 saturated heterocycles. The van der Waals surface area contributed by atoms with Gasteiger partial charge in [0.15, 0.2) is 0 Å². The Morgan fingerprint density at radius 1 is 1.21 bits per heavy atom. The van der Waals surface area contributed by atoms with Gasteiger partial charge in [0.25, 0.3) is 10.1 Å². The lowest BCUT2D eigenvalue weighted by molar-refractivity contribution is 0.318. The van der Waals surface area contributed by atoms with Crippen molar-refractivity contribution in [3.8, 4) is 0 Å². The topological polar surface area (TPSA) is 74.6 Å². The summed E-state index contributed by atoms with van der Waals surface area (Å²) >= 11 is 0. The van der Waals surface area contributed by atoms with Crippen LogP contribution in [0.1, 0.15) is 14.4 Å². The molecule has 0 atom stereocenters. The molecule has 82 valence electrons. The third kappa shape index (κ3) is 6.59. The number of aliphatic hydroxyl groups is 1. The molecule has 0 radical (unpaired) electrons. The van der Waals surface area contributed by atoms with E-state index in [1.165, 1.54) is 12.1 Å². The van der Waals surface area contributed by atoms with Crippen LogP contribution in [0.5, 0.6) is 0 Å². The van der Waals surface area contributed by atoms with Crippen LogP contribution in [0, 0.1) is 0 Å². The van der Waals surface area contributed by atoms with E-state index in [1.807, 2.05) is 0 Å². The van der Waals surface area contributed by atoms with Crippen molar-refractivity contribution in [1.82, 2.24) is 0 Å². The summed E-state index contributed by atoms with van der Waals surface area (Å²) in [6.45, 7) is 1.93. The molecule has 0 spiro atoms. The minimum atomic E-state index is -4.00. The first kappa shape index (κ1) is 15.6. The van der Waals surface area contributed by atoms with Gasteiger partial charge in [-0.05, 0) is 19.1 Å². The Morgan fingerprint density at radius 3 is 1.79 bits per heavy atom. The summed E-state index contributed by atoms with van der Waals surface area (Å²) in [5.74, 6) is 0. The van der Waals surface area contributed by atoms with E-state index in [9.17, 15) is 8.42 Å². The molecular weight excluding hydrogens is 204 g/mol. The van der Waals surface area contributed by atoms with Crippen molar-refractivity contribution < 1.29 is 18.1 Å². The Labute approximate surface area is 85.0 Å². The smallest absolute Gasteiger partial charge is 0.294 e. The van der Waals surface area contributed by atoms with Crippen molar-refractivity contribution in [2.45, 2.75) is 19.2 Å². The maximum Gasteiger partial charge on any atom is 0.294 e. The van der Waals surface area contributed by atoms with Gasteiger partial charge in [-0.25, -0.2) is 0 Å². The fraction of sp³-hybridized carbons (Fsp3) is 0.333. The second kappa shape index (κ2) is 7.49. The van der Waals surface area contributed by atoms with Gasteiger partial charge in [0.2, 0.25) is 0 Å². The van der Waals surface area contributed by atoms with Gasteiger partial charge in [-0.1, -0.05) is 25.6 Å². The minimum absolute atomic E-state index is 0. The van der Waals surface area contributed by atoms with Gasteiger partial charge in [-0.2, -0.15) is 8.42 Å². The van der Waals surface area contributed by atoms with Gasteiger partial charge in [-0.15, -0.1) is 0 Å². The highest BCUT2D eigenvalue weighted by molar-refractivity contribution is 7.85. The van der Waals surface area contributed by atoms with Gasteiger partial charge in [-0.3, -0.25) is 4.55 Å². The Morgan fingerprint density at radius 2 is 1.57 bits per heavy atom. The van der Waals surface area contributed by atoms with Crippen molar-refractivity contribution in [2.24, 2.45) is 0 Å². The fourth-order valence-corrected chi connectivity index (χ4v) is 1.09. The van der Waals surface area contributed by atoms with E-state index >= 15 is 0 Å². The van der Waals surface area contributed by atoms with E-state index < -0.39 is 10.1 Å². The molecule has 0 aromatic heterocycles. The number of aliphatic hydroxyl groups excluding tert-OH is 1. The van der Waals surface area contributed by atoms with E-state index in [0.717, 1.165) is 0 Å². The van der Waals surface area contributed by atoms with E-state index in [2.05, 4.69) is 0 Å². The summed E-state index contributed by atoms with van der Waals surface area (Å²) in [6, 6.07) is 7.42. The number of hydrogen-bond donors (Lipinski definition) is 2. The molecule has 1 aromatic carbocycles. The summed E-state index contributed by atoms with van der Waals surface area (Å²) in [4.78, 5) is -0.0741. The zero-order chi connectivity index (χ0) is 10.3. The Bertz CT molecular complexity index is 318. The first-order valence-electron chi connectivity index (χ1n) is 3.65. The molecule has 0 aliphatic rings. The van der Waals surface area contributed by atoms with E-state index in [4.69, 9.17) is 9.66 Å². The Kier molecular flexibility index (Phi) is 8.32. The summed E-state index contributed by atoms with van der Waals surface area (Å²) in [7, 11) is -4.00. The SMILES string of the molecule is C.CCO.O=S(=O)(O)c1ccccc1. The quantitative estimate of drug-likeness (QED) is 0.704. The maximum atomic E-state index is 10.4. The normalized spacial score (nSPS) is 9.36. The lowest BCUT2D eigenvalue weighted by atomic mass is 10.4. The largest absolute Gasteiger partial charge is 0.397 e. The van der Waals surface area contributed by atoms with Crippen LogP contribution in [-0.4, -0.2) is 24.7 Å². The number of hydrogen-bond acceptors (Lipinski definition) is 3. The van der Waals surface area contributed by atoms with Crippen LogP contribution >= 0.6 is 0 Å². The van der Waals surface area contributed by atoms with Crippen LogP contribution in [0.2, 0.25) is 0 Å². The standard InChI is InChI=1S/C6H6O3S.C2H6O.CH4/c7-10(8,9)6-4-2-1-3-5-6;1-2-3;/h1-5H,(H,7,8,9);3H,2H2,1H3;1H4. The first-order chi connectivity index (χ1) is 6.02. The first-order valence-corrected chi connectivity index (χ1v) is 5.09. The van der Waals surface area contributed by atoms with Crippen molar-refractivity contribution in [1.29, 1.82) is 0 Å². The highest BCUT2D eigenvalue weighted by atomic mass is 32.2. The molecule has 0 aliphatic carbocycles. The predicted octanol–water partition coefficient (Wildman–Crippen LogP) is 1.57. The summed E-state index contributed by atoms with van der Waals surface area (Å²) in [5, 5.41) is 7.57. The summed E-state index contributed by atoms with van der Waals surface area (Å²) < 4.78 is 29.2. The summed E-state index contributed by atoms with van der Waals surface area (Å²) in [6.07, 6.45) is 0. The van der Waals surface area contributed by atoms with Gasteiger partial charge < -0.3 is 5.11 Å². The molecule has 14 heavy (non-hydrogen) atoms. The van der Waals surface area contributed by atoms with Crippen LogP contribution < -0.4 is 0 Å². The highest BCUT2D eigenvalue weighted by Gasteiger charge is 2.05. The number of benzene rings is 1. The lowest BCUT2D eigenvalue weighted by Gasteiger charge is -1.92. The molecule has 0 fully saturated rings. The van der Waals surface area contributed by atoms with E-state index in [0.29, 0.717) is 0 Å². The Balaban J connectivity index is 0. The molecule has 1 aromatic rings. The zero-order valence-electron chi connectivity index (χ0n) is 7.21. The second-order valence-electron chi connectivity index (χ2n) is 2.10. The van der Waals surface area contributed by atoms with Gasteiger partial charge in [0.05, 0.1) is 4.90 Å². The van der Waals surface area contributed by atoms with Crippen LogP contribution in [-0.2, 0) is 10.1 Å². The predicted molar refractivity (Wildman–Crippen MR) is 55.7 cm³/mol. The average Bonchev–Trinajstić information content (AvgIpc) is 2.06. The van der Waals surface area contributed by atoms with Gasteiger partial charge in [0, 0.05) is 6.61 Å². The maximum absolute atomic E-state index is 10.4. The van der Waals surface area contributed by atoms with Crippen LogP contribution in [0.3, 0.4) is 0 Å². The van der Waals surface area contributed by atoms with Gasteiger partial charge in [0.1, 0.15) is 0 Å². The van der Waals surface area contributed by atoms with Crippen LogP contribution in [0.4, 0.5) is 0 Å². The molecule has 0 heterocycles. The molecule has 5 heteroatoms. The minimum Gasteiger partial charge on any atom is -0.397 e. The zero-order valence-corrected chi connectivity index (χ0v) is 8.03. The second-order valence-corrected chi connectivity index (χ2v) is 3.53. The van der Waals surface area contributed by atoms with Crippen LogP contribution in [0.25, 0.3) is 0 Å². The molecule has 4 nitrogen and oxygen atoms in total. The van der Waals surface area contributed by atoms with E-state index in [-0.39, 0.29) is 18.9 Å². The Hall–Kier alpha value is -0.910. The van der Waals surface area contributed by atoms with Crippen molar-refractivity contribution in [2.75, 3.05) is 6.61 Å². The molecule has 0 saturated carbocycles. The van der Waals surface area contributed by atoms with Crippen LogP contribution in [0.15, 0.2) is 35.2 Å². The van der Waals surface area contributed by atoms with Crippen molar-refractivity contribution in [3.05, 3.63) is 30.3 Å². The molecule has 1 rings (SSSR count). The van der Waals surface area contributed by atoms with Crippen molar-refractivity contribution >= 4 is 10.1 Å². The van der Waals surface area contributed by atoms with Gasteiger partial charge >= 0.3 is 0 Å². The highest BCUT2D eigenvalue weighted by Crippen LogP contribution is 2.05. The number of rotatable bonds is 1. The molecule has 0 bridgehead atoms. The molecule has 0 unspecified atom stereocenters. The van der Waals surface area contributed by atoms with E-state index in [1.54, 1.807) is 25.1 Å². The average molecular weight is 220 g/mol. The van der Waals surface area contributed by atoms with Crippen molar-refractivity contribution in [3.63, 3.8) is 0 Å². The molecule has 0 aliphatic heterocycles. The molecular formula is C9H16O4S. The third-order valence-electron chi connectivity index (χ3n) is 1.04. The fourth-order valence-electron chi connectivity index (χ4n) is 0.592. The molecule has 2 N–H and O–H groups in total. The molecule has 0 amide bonds. The monoisotopic (exact) mass is 220 g/mol. The summed E-state index contributed by atoms with van der Waals surface area (Å²) in [5.41, 5.74) is 0. The lowest BCUT2D eigenvalue weighted by Crippen LogP contribution is -1.96. The third-order valence-corrected chi connectivity index (χ3v) is 1.91.